The van der Waals surface area contributed by atoms with Gasteiger partial charge in [-0.2, -0.15) is 0 Å². The molecule has 9 heteroatoms. The van der Waals surface area contributed by atoms with Crippen molar-refractivity contribution >= 4 is 40.0 Å². The van der Waals surface area contributed by atoms with Gasteiger partial charge in [0.25, 0.3) is 0 Å². The maximum absolute atomic E-state index is 11.4. The lowest BCUT2D eigenvalue weighted by Crippen LogP contribution is -2.26. The van der Waals surface area contributed by atoms with Crippen LogP contribution in [-0.2, 0) is 4.79 Å². The van der Waals surface area contributed by atoms with Gasteiger partial charge in [0.2, 0.25) is 5.91 Å². The van der Waals surface area contributed by atoms with Crippen LogP contribution in [0, 0.1) is 5.41 Å². The number of aliphatic hydroxyl groups is 1. The van der Waals surface area contributed by atoms with Gasteiger partial charge in [-0.15, -0.1) is 11.3 Å². The molecule has 32 heavy (non-hydrogen) atoms. The third-order valence-electron chi connectivity index (χ3n) is 4.98. The van der Waals surface area contributed by atoms with Gasteiger partial charge in [0.05, 0.1) is 32.0 Å². The molecule has 0 aliphatic carbocycles. The van der Waals surface area contributed by atoms with Gasteiger partial charge in [0.15, 0.2) is 11.5 Å². The topological polar surface area (TPSA) is 108 Å². The van der Waals surface area contributed by atoms with Gasteiger partial charge in [0, 0.05) is 29.2 Å². The van der Waals surface area contributed by atoms with E-state index in [1.165, 1.54) is 18.3 Å². The van der Waals surface area contributed by atoms with E-state index in [2.05, 4.69) is 10.3 Å². The van der Waals surface area contributed by atoms with Crippen molar-refractivity contribution in [1.29, 1.82) is 5.41 Å². The number of carbonyl (C=O) groups excluding carboxylic acids is 1. The molecule has 1 aliphatic heterocycles. The van der Waals surface area contributed by atoms with Crippen LogP contribution in [0.5, 0.6) is 11.5 Å². The second-order valence-corrected chi connectivity index (χ2v) is 7.95. The number of amidine groups is 1. The van der Waals surface area contributed by atoms with Crippen LogP contribution in [0.1, 0.15) is 11.9 Å². The van der Waals surface area contributed by atoms with Crippen molar-refractivity contribution in [2.24, 2.45) is 0 Å². The summed E-state index contributed by atoms with van der Waals surface area (Å²) in [4.78, 5) is 17.7. The highest BCUT2D eigenvalue weighted by Gasteiger charge is 2.31. The SMILES string of the molecule is COc1ccc(-c2csc(C3=C(O)CN(c4cccc(NC(C)=O)c4)C3=N)n2)cc1OC. The molecule has 0 spiro atoms. The van der Waals surface area contributed by atoms with Crippen LogP contribution >= 0.6 is 11.3 Å². The van der Waals surface area contributed by atoms with Crippen LogP contribution in [0.15, 0.2) is 53.6 Å². The fraction of sp³-hybridized carbons (Fsp3) is 0.174. The van der Waals surface area contributed by atoms with E-state index in [-0.39, 0.29) is 24.0 Å². The summed E-state index contributed by atoms with van der Waals surface area (Å²) in [5, 5.41) is 24.5. The van der Waals surface area contributed by atoms with E-state index in [9.17, 15) is 9.90 Å². The van der Waals surface area contributed by atoms with Gasteiger partial charge >= 0.3 is 0 Å². The summed E-state index contributed by atoms with van der Waals surface area (Å²) in [6, 6.07) is 12.7. The Morgan fingerprint density at radius 1 is 1.19 bits per heavy atom. The highest BCUT2D eigenvalue weighted by molar-refractivity contribution is 7.11. The normalized spacial score (nSPS) is 13.5. The standard InChI is InChI=1S/C23H22N4O4S/c1-13(28)25-15-5-4-6-16(10-15)27-11-18(29)21(22(27)24)23-26-17(12-32-23)14-7-8-19(30-2)20(9-14)31-3/h4-10,12,24,29H,11H2,1-3H3,(H,25,28). The first-order chi connectivity index (χ1) is 15.4. The van der Waals surface area contributed by atoms with Crippen LogP contribution < -0.4 is 19.7 Å². The summed E-state index contributed by atoms with van der Waals surface area (Å²) in [7, 11) is 3.16. The van der Waals surface area contributed by atoms with Crippen molar-refractivity contribution in [3.63, 3.8) is 0 Å². The largest absolute Gasteiger partial charge is 0.510 e. The van der Waals surface area contributed by atoms with E-state index < -0.39 is 0 Å². The van der Waals surface area contributed by atoms with E-state index in [0.29, 0.717) is 39.1 Å². The van der Waals surface area contributed by atoms with Crippen molar-refractivity contribution < 1.29 is 19.4 Å². The molecule has 1 aromatic heterocycles. The van der Waals surface area contributed by atoms with E-state index in [1.54, 1.807) is 37.3 Å². The lowest BCUT2D eigenvalue weighted by atomic mass is 10.1. The van der Waals surface area contributed by atoms with E-state index in [4.69, 9.17) is 14.9 Å². The van der Waals surface area contributed by atoms with Crippen LogP contribution in [0.25, 0.3) is 16.8 Å². The number of ether oxygens (including phenoxy) is 2. The smallest absolute Gasteiger partial charge is 0.221 e. The highest BCUT2D eigenvalue weighted by atomic mass is 32.1. The van der Waals surface area contributed by atoms with E-state index in [1.807, 2.05) is 29.6 Å². The first kappa shape index (κ1) is 21.4. The maximum Gasteiger partial charge on any atom is 0.221 e. The van der Waals surface area contributed by atoms with Crippen molar-refractivity contribution in [1.82, 2.24) is 4.98 Å². The molecule has 8 nitrogen and oxygen atoms in total. The average Bonchev–Trinajstić information content (AvgIpc) is 3.37. The second-order valence-electron chi connectivity index (χ2n) is 7.10. The number of hydrogen-bond acceptors (Lipinski definition) is 7. The monoisotopic (exact) mass is 450 g/mol. The fourth-order valence-corrected chi connectivity index (χ4v) is 4.39. The number of anilines is 2. The fourth-order valence-electron chi connectivity index (χ4n) is 3.50. The van der Waals surface area contributed by atoms with Gasteiger partial charge in [-0.3, -0.25) is 10.2 Å². The van der Waals surface area contributed by atoms with Gasteiger partial charge < -0.3 is 24.8 Å². The zero-order chi connectivity index (χ0) is 22.8. The maximum atomic E-state index is 11.4. The number of aliphatic hydroxyl groups excluding tert-OH is 1. The van der Waals surface area contributed by atoms with Crippen molar-refractivity contribution in [3.05, 3.63) is 58.6 Å². The molecule has 2 heterocycles. The summed E-state index contributed by atoms with van der Waals surface area (Å²) >= 11 is 1.36. The minimum Gasteiger partial charge on any atom is -0.510 e. The molecule has 0 atom stereocenters. The molecule has 0 unspecified atom stereocenters. The number of nitrogens with zero attached hydrogens (tertiary/aromatic N) is 2. The predicted octanol–water partition coefficient (Wildman–Crippen LogP) is 4.55. The summed E-state index contributed by atoms with van der Waals surface area (Å²) in [6.45, 7) is 1.59. The lowest BCUT2D eigenvalue weighted by Gasteiger charge is -2.19. The molecule has 164 valence electrons. The third kappa shape index (κ3) is 4.02. The van der Waals surface area contributed by atoms with Gasteiger partial charge in [0.1, 0.15) is 16.6 Å². The summed E-state index contributed by atoms with van der Waals surface area (Å²) < 4.78 is 10.7. The molecule has 2 aromatic carbocycles. The van der Waals surface area contributed by atoms with E-state index >= 15 is 0 Å². The Kier molecular flexibility index (Phi) is 5.83. The Hall–Kier alpha value is -3.85. The van der Waals surface area contributed by atoms with Crippen molar-refractivity contribution in [2.45, 2.75) is 6.92 Å². The highest BCUT2D eigenvalue weighted by Crippen LogP contribution is 2.37. The number of amides is 1. The number of aromatic nitrogens is 1. The molecule has 1 amide bonds. The molecule has 0 radical (unpaired) electrons. The molecule has 3 N–H and O–H groups in total. The van der Waals surface area contributed by atoms with Gasteiger partial charge in [-0.1, -0.05) is 6.07 Å². The Balaban J connectivity index is 1.61. The number of carbonyl (C=O) groups is 1. The summed E-state index contributed by atoms with van der Waals surface area (Å²) in [5.41, 5.74) is 3.27. The predicted molar refractivity (Wildman–Crippen MR) is 126 cm³/mol. The van der Waals surface area contributed by atoms with Crippen LogP contribution in [0.2, 0.25) is 0 Å². The molecule has 4 rings (SSSR count). The molecule has 0 fully saturated rings. The van der Waals surface area contributed by atoms with Crippen molar-refractivity contribution in [3.8, 4) is 22.8 Å². The first-order valence-electron chi connectivity index (χ1n) is 9.75. The number of benzene rings is 2. The number of rotatable bonds is 6. The van der Waals surface area contributed by atoms with Crippen LogP contribution in [0.3, 0.4) is 0 Å². The van der Waals surface area contributed by atoms with Gasteiger partial charge in [-0.25, -0.2) is 4.98 Å². The molecular formula is C23H22N4O4S. The summed E-state index contributed by atoms with van der Waals surface area (Å²) in [5.74, 6) is 1.27. The number of nitrogens with one attached hydrogen (secondary N) is 2. The molecule has 0 saturated heterocycles. The molecule has 0 saturated carbocycles. The Morgan fingerprint density at radius 3 is 2.69 bits per heavy atom. The quantitative estimate of drug-likeness (QED) is 0.508. The Labute approximate surface area is 189 Å². The number of hydrogen-bond donors (Lipinski definition) is 3. The van der Waals surface area contributed by atoms with E-state index in [0.717, 1.165) is 5.56 Å². The van der Waals surface area contributed by atoms with Gasteiger partial charge in [-0.05, 0) is 36.4 Å². The first-order valence-corrected chi connectivity index (χ1v) is 10.6. The Bertz CT molecular complexity index is 1230. The number of thiazole rings is 1. The molecule has 1 aliphatic rings. The molecular weight excluding hydrogens is 428 g/mol. The zero-order valence-corrected chi connectivity index (χ0v) is 18.6. The average molecular weight is 451 g/mol. The minimum atomic E-state index is -0.175. The Morgan fingerprint density at radius 2 is 1.97 bits per heavy atom. The summed E-state index contributed by atoms with van der Waals surface area (Å²) in [6.07, 6.45) is 0. The van der Waals surface area contributed by atoms with Crippen LogP contribution in [0.4, 0.5) is 11.4 Å². The minimum absolute atomic E-state index is 0.0770. The lowest BCUT2D eigenvalue weighted by molar-refractivity contribution is -0.114. The number of methoxy groups -OCH3 is 2. The van der Waals surface area contributed by atoms with Crippen LogP contribution in [-0.4, -0.2) is 42.6 Å². The molecule has 3 aromatic rings. The third-order valence-corrected chi connectivity index (χ3v) is 5.84. The second kappa shape index (κ2) is 8.72. The van der Waals surface area contributed by atoms with Crippen molar-refractivity contribution in [2.75, 3.05) is 31.0 Å². The molecule has 0 bridgehead atoms. The zero-order valence-electron chi connectivity index (χ0n) is 17.8.